The molecular weight excluding hydrogens is 1090 g/mol. The zero-order valence-electron chi connectivity index (χ0n) is 56.6. The van der Waals surface area contributed by atoms with E-state index in [2.05, 4.69) is 74.7 Å². The van der Waals surface area contributed by atoms with Crippen molar-refractivity contribution in [3.8, 4) is 0 Å². The lowest BCUT2D eigenvalue weighted by atomic mass is 9.99. The second-order valence-electron chi connectivity index (χ2n) is 25.7. The first-order valence-electron chi connectivity index (χ1n) is 37.1. The second-order valence-corrected chi connectivity index (χ2v) is 25.7. The molecule has 87 heavy (non-hydrogen) atoms. The molecule has 0 aromatic rings. The first-order valence-corrected chi connectivity index (χ1v) is 37.1. The fourth-order valence-corrected chi connectivity index (χ4v) is 11.5. The minimum Gasteiger partial charge on any atom is -0.454 e. The molecule has 1 amide bonds. The molecule has 1 fully saturated rings. The number of aliphatic hydroxyl groups excluding tert-OH is 5. The summed E-state index contributed by atoms with van der Waals surface area (Å²) in [5.41, 5.74) is 0. The summed E-state index contributed by atoms with van der Waals surface area (Å²) in [5, 5.41) is 57.3. The van der Waals surface area contributed by atoms with Crippen molar-refractivity contribution in [2.45, 2.75) is 397 Å². The van der Waals surface area contributed by atoms with E-state index in [0.29, 0.717) is 12.8 Å². The van der Waals surface area contributed by atoms with Gasteiger partial charge in [-0.1, -0.05) is 313 Å². The molecule has 508 valence electrons. The molecule has 0 radical (unpaired) electrons. The normalized spacial score (nSPS) is 18.6. The van der Waals surface area contributed by atoms with Crippen LogP contribution in [0.4, 0.5) is 0 Å². The largest absolute Gasteiger partial charge is 0.454 e. The lowest BCUT2D eigenvalue weighted by Crippen LogP contribution is -2.61. The topological polar surface area (TPSA) is 175 Å². The highest BCUT2D eigenvalue weighted by Gasteiger charge is 2.47. The van der Waals surface area contributed by atoms with Gasteiger partial charge >= 0.3 is 5.97 Å². The van der Waals surface area contributed by atoms with Crippen molar-refractivity contribution in [2.75, 3.05) is 13.2 Å². The predicted molar refractivity (Wildman–Crippen MR) is 366 cm³/mol. The van der Waals surface area contributed by atoms with Gasteiger partial charge in [0.05, 0.1) is 25.4 Å². The maximum Gasteiger partial charge on any atom is 0.306 e. The van der Waals surface area contributed by atoms with Crippen molar-refractivity contribution >= 4 is 11.9 Å². The number of nitrogens with one attached hydrogen (secondary N) is 1. The van der Waals surface area contributed by atoms with Gasteiger partial charge in [0.15, 0.2) is 12.4 Å². The number of amides is 1. The van der Waals surface area contributed by atoms with Crippen LogP contribution in [-0.4, -0.2) is 99.6 Å². The third-order valence-electron chi connectivity index (χ3n) is 17.4. The van der Waals surface area contributed by atoms with E-state index in [1.807, 2.05) is 6.08 Å². The Bertz CT molecular complexity index is 1650. The van der Waals surface area contributed by atoms with Gasteiger partial charge in [0.25, 0.3) is 0 Å². The number of esters is 1. The number of unbranched alkanes of at least 4 members (excludes halogenated alkanes) is 42. The highest BCUT2D eigenvalue weighted by atomic mass is 16.7. The number of ether oxygens (including phenoxy) is 3. The molecule has 1 aliphatic rings. The van der Waals surface area contributed by atoms with E-state index >= 15 is 0 Å². The smallest absolute Gasteiger partial charge is 0.306 e. The number of carbonyl (C=O) groups is 2. The maximum absolute atomic E-state index is 13.5. The Morgan fingerprint density at radius 1 is 0.448 bits per heavy atom. The van der Waals surface area contributed by atoms with Gasteiger partial charge in [0, 0.05) is 6.42 Å². The molecule has 0 aliphatic carbocycles. The zero-order chi connectivity index (χ0) is 63.1. The highest BCUT2D eigenvalue weighted by molar-refractivity contribution is 5.80. The van der Waals surface area contributed by atoms with Crippen LogP contribution >= 0.6 is 0 Å². The van der Waals surface area contributed by atoms with Crippen molar-refractivity contribution in [3.05, 3.63) is 60.8 Å². The highest BCUT2D eigenvalue weighted by Crippen LogP contribution is 2.26. The number of hydrogen-bond donors (Lipinski definition) is 6. The average molecular weight is 1230 g/mol. The van der Waals surface area contributed by atoms with E-state index in [1.165, 1.54) is 218 Å². The Hall–Kier alpha value is -2.64. The summed E-state index contributed by atoms with van der Waals surface area (Å²) < 4.78 is 17.7. The maximum atomic E-state index is 13.5. The van der Waals surface area contributed by atoms with Crippen LogP contribution in [0.25, 0.3) is 0 Å². The van der Waals surface area contributed by atoms with Gasteiger partial charge in [-0.25, -0.2) is 0 Å². The van der Waals surface area contributed by atoms with Crippen LogP contribution in [-0.2, 0) is 23.8 Å². The van der Waals surface area contributed by atoms with E-state index in [4.69, 9.17) is 14.2 Å². The molecule has 1 aliphatic heterocycles. The van der Waals surface area contributed by atoms with Crippen molar-refractivity contribution < 1.29 is 49.3 Å². The standard InChI is InChI=1S/C76H139NO10/c1-4-7-10-13-16-19-22-25-27-29-31-33-34-35-36-37-39-41-43-46-49-52-55-58-61-64-71(81)87-74-73(83)72(82)70(65-78)86-76(74)85-66-67(68(79)62-59-56-53-50-47-44-24-21-18-15-12-9-6-3)77-75(84)69(80)63-60-57-54-51-48-45-42-40-38-32-30-28-26-23-20-17-14-11-8-5-2/h17,20,25-28,32,38,59,62,67-70,72-74,76,78-80,82-83H,4-16,18-19,21-24,29-31,33-37,39-58,60-61,63-66H2,1-3H3,(H,77,84)/b20-17-,27-25+,28-26-,38-32-,62-59+. The quantitative estimate of drug-likeness (QED) is 0.0195. The molecule has 1 heterocycles. The van der Waals surface area contributed by atoms with Crippen molar-refractivity contribution in [3.63, 3.8) is 0 Å². The van der Waals surface area contributed by atoms with Crippen LogP contribution in [0.1, 0.15) is 348 Å². The minimum atomic E-state index is -1.62. The molecule has 0 bridgehead atoms. The van der Waals surface area contributed by atoms with Gasteiger partial charge in [-0.05, 0) is 89.9 Å². The second kappa shape index (κ2) is 63.5. The third kappa shape index (κ3) is 50.7. The Balaban J connectivity index is 2.56. The van der Waals surface area contributed by atoms with Crippen LogP contribution in [0.15, 0.2) is 60.8 Å². The molecule has 11 heteroatoms. The van der Waals surface area contributed by atoms with Gasteiger partial charge in [-0.3, -0.25) is 9.59 Å². The van der Waals surface area contributed by atoms with Crippen LogP contribution in [0, 0.1) is 0 Å². The van der Waals surface area contributed by atoms with Gasteiger partial charge in [0.2, 0.25) is 5.91 Å². The Morgan fingerprint density at radius 2 is 0.793 bits per heavy atom. The number of rotatable bonds is 64. The molecule has 1 saturated heterocycles. The summed E-state index contributed by atoms with van der Waals surface area (Å²) in [5.74, 6) is -1.19. The Kier molecular flexibility index (Phi) is 60.1. The van der Waals surface area contributed by atoms with E-state index in [9.17, 15) is 35.1 Å². The van der Waals surface area contributed by atoms with Gasteiger partial charge in [-0.15, -0.1) is 0 Å². The van der Waals surface area contributed by atoms with Crippen LogP contribution in [0.2, 0.25) is 0 Å². The molecule has 1 rings (SSSR count). The summed E-state index contributed by atoms with van der Waals surface area (Å²) in [6, 6.07) is -1.03. The lowest BCUT2D eigenvalue weighted by molar-refractivity contribution is -0.305. The molecule has 8 atom stereocenters. The Morgan fingerprint density at radius 3 is 1.22 bits per heavy atom. The average Bonchev–Trinajstić information content (AvgIpc) is 1.52. The number of allylic oxidation sites excluding steroid dienone is 9. The summed E-state index contributed by atoms with van der Waals surface area (Å²) in [6.07, 6.45) is 71.2. The molecule has 0 spiro atoms. The van der Waals surface area contributed by atoms with Crippen LogP contribution in [0.3, 0.4) is 0 Å². The number of hydrogen-bond acceptors (Lipinski definition) is 10. The minimum absolute atomic E-state index is 0.124. The van der Waals surface area contributed by atoms with E-state index < -0.39 is 67.4 Å². The Labute approximate surface area is 535 Å². The van der Waals surface area contributed by atoms with Gasteiger partial charge < -0.3 is 45.1 Å². The predicted octanol–water partition coefficient (Wildman–Crippen LogP) is 19.3. The molecular formula is C76H139NO10. The molecule has 11 nitrogen and oxygen atoms in total. The summed E-state index contributed by atoms with van der Waals surface area (Å²) in [4.78, 5) is 26.7. The fourth-order valence-electron chi connectivity index (χ4n) is 11.5. The molecule has 0 saturated carbocycles. The molecule has 8 unspecified atom stereocenters. The number of aliphatic hydroxyl groups is 5. The van der Waals surface area contributed by atoms with Crippen molar-refractivity contribution in [2.24, 2.45) is 0 Å². The summed E-state index contributed by atoms with van der Waals surface area (Å²) >= 11 is 0. The SMILES string of the molecule is CCCCC/C=C\C/C=C\C/C=C\CCCCCCCCCC(O)C(=O)NC(COC1OC(CO)C(O)C(O)C1OC(=O)CCCCCCCCCCCCCCCCC/C=C/CCCCCCCC)C(O)/C=C/CCCCCCCCCCCCC. The summed E-state index contributed by atoms with van der Waals surface area (Å²) in [6.45, 7) is 5.80. The first kappa shape index (κ1) is 82.4. The third-order valence-corrected chi connectivity index (χ3v) is 17.4. The first-order chi connectivity index (χ1) is 42.7. The number of carbonyl (C=O) groups excluding carboxylic acids is 2. The van der Waals surface area contributed by atoms with Gasteiger partial charge in [-0.2, -0.15) is 0 Å². The van der Waals surface area contributed by atoms with Crippen LogP contribution in [0.5, 0.6) is 0 Å². The van der Waals surface area contributed by atoms with Crippen molar-refractivity contribution in [1.82, 2.24) is 5.32 Å². The van der Waals surface area contributed by atoms with E-state index in [-0.39, 0.29) is 19.4 Å². The van der Waals surface area contributed by atoms with Gasteiger partial charge in [0.1, 0.15) is 24.4 Å². The molecule has 6 N–H and O–H groups in total. The monoisotopic (exact) mass is 1230 g/mol. The fraction of sp³-hybridized carbons (Fsp3) is 0.842. The lowest BCUT2D eigenvalue weighted by Gasteiger charge is -2.41. The van der Waals surface area contributed by atoms with Crippen molar-refractivity contribution in [1.29, 1.82) is 0 Å². The van der Waals surface area contributed by atoms with E-state index in [1.54, 1.807) is 6.08 Å². The van der Waals surface area contributed by atoms with Crippen LogP contribution < -0.4 is 5.32 Å². The summed E-state index contributed by atoms with van der Waals surface area (Å²) in [7, 11) is 0. The zero-order valence-corrected chi connectivity index (χ0v) is 56.6. The molecule has 0 aromatic carbocycles. The van der Waals surface area contributed by atoms with E-state index in [0.717, 1.165) is 83.5 Å². The molecule has 0 aromatic heterocycles.